The van der Waals surface area contributed by atoms with Gasteiger partial charge < -0.3 is 36.0 Å². The highest BCUT2D eigenvalue weighted by Crippen LogP contribution is 2.41. The number of phenols is 3. The van der Waals surface area contributed by atoms with Crippen molar-refractivity contribution in [3.8, 4) is 28.7 Å². The number of anilines is 3. The Hall–Kier alpha value is -5.40. The molecule has 0 saturated carbocycles. The molecule has 7 rings (SSSR count). The number of rotatable bonds is 11. The van der Waals surface area contributed by atoms with Crippen molar-refractivity contribution in [1.82, 2.24) is 0 Å². The Balaban J connectivity index is 0.000000184. The van der Waals surface area contributed by atoms with Crippen LogP contribution in [0.2, 0.25) is 30.1 Å². The molecular formula is C48H39Cl6F4N3O4. The van der Waals surface area contributed by atoms with Gasteiger partial charge in [0.05, 0.1) is 37.7 Å². The molecule has 7 nitrogen and oxygen atoms in total. The van der Waals surface area contributed by atoms with E-state index >= 15 is 0 Å². The molecule has 6 N–H and O–H groups in total. The Labute approximate surface area is 403 Å². The first-order chi connectivity index (χ1) is 30.8. The van der Waals surface area contributed by atoms with Crippen molar-refractivity contribution < 1.29 is 37.6 Å². The van der Waals surface area contributed by atoms with E-state index in [0.717, 1.165) is 29.2 Å². The van der Waals surface area contributed by atoms with Crippen LogP contribution >= 0.6 is 69.6 Å². The fraction of sp³-hybridized carbons (Fsp3) is 0.125. The predicted molar refractivity (Wildman–Crippen MR) is 257 cm³/mol. The van der Waals surface area contributed by atoms with Gasteiger partial charge in [0.25, 0.3) is 0 Å². The second kappa shape index (κ2) is 23.2. The SMILES string of the molecule is Cc1c(Cl)cc(NCc2c(F)cccc2Cl)c(O)c1Cl.Cc1c(Cl)cc(NCc2cccc(C(F)(F)F)c2)c(O)c1Cl.Oc1c(Cl)cccc1NCc1cccc(Oc2ccccc2)c1. The van der Waals surface area contributed by atoms with Crippen LogP contribution in [0.15, 0.2) is 127 Å². The molecule has 17 heteroatoms. The zero-order valence-electron chi connectivity index (χ0n) is 34.3. The lowest BCUT2D eigenvalue weighted by Crippen LogP contribution is -2.07. The summed E-state index contributed by atoms with van der Waals surface area (Å²) in [6.45, 7) is 4.10. The van der Waals surface area contributed by atoms with Crippen LogP contribution in [0.25, 0.3) is 0 Å². The number of aromatic hydroxyl groups is 3. The van der Waals surface area contributed by atoms with Gasteiger partial charge in [0, 0.05) is 40.3 Å². The molecule has 0 aliphatic carbocycles. The maximum absolute atomic E-state index is 13.6. The molecule has 65 heavy (non-hydrogen) atoms. The van der Waals surface area contributed by atoms with E-state index in [-0.39, 0.29) is 46.1 Å². The molecule has 7 aromatic rings. The Kier molecular flexibility index (Phi) is 18.0. The quantitative estimate of drug-likeness (QED) is 0.0566. The third kappa shape index (κ3) is 14.0. The smallest absolute Gasteiger partial charge is 0.416 e. The first kappa shape index (κ1) is 50.6. The van der Waals surface area contributed by atoms with Crippen LogP contribution in [0.3, 0.4) is 0 Å². The molecule has 0 fully saturated rings. The van der Waals surface area contributed by atoms with Crippen molar-refractivity contribution >= 4 is 86.7 Å². The number of hydrogen-bond acceptors (Lipinski definition) is 7. The Bertz CT molecular complexity index is 2730. The van der Waals surface area contributed by atoms with E-state index in [9.17, 15) is 32.9 Å². The number of nitrogens with one attached hydrogen (secondary N) is 3. The first-order valence-electron chi connectivity index (χ1n) is 19.3. The van der Waals surface area contributed by atoms with Crippen LogP contribution in [0.1, 0.15) is 33.4 Å². The van der Waals surface area contributed by atoms with E-state index in [1.165, 1.54) is 30.3 Å². The summed E-state index contributed by atoms with van der Waals surface area (Å²) >= 11 is 35.7. The second-order valence-corrected chi connectivity index (χ2v) is 16.4. The van der Waals surface area contributed by atoms with Gasteiger partial charge in [-0.2, -0.15) is 13.2 Å². The fourth-order valence-electron chi connectivity index (χ4n) is 5.82. The van der Waals surface area contributed by atoms with Crippen molar-refractivity contribution in [1.29, 1.82) is 0 Å². The normalized spacial score (nSPS) is 10.8. The van der Waals surface area contributed by atoms with E-state index in [1.807, 2.05) is 54.6 Å². The minimum absolute atomic E-state index is 0.0610. The maximum Gasteiger partial charge on any atom is 0.416 e. The topological polar surface area (TPSA) is 106 Å². The zero-order chi connectivity index (χ0) is 47.4. The van der Waals surface area contributed by atoms with E-state index in [0.29, 0.717) is 60.3 Å². The van der Waals surface area contributed by atoms with Crippen molar-refractivity contribution in [3.05, 3.63) is 197 Å². The van der Waals surface area contributed by atoms with Crippen molar-refractivity contribution in [3.63, 3.8) is 0 Å². The van der Waals surface area contributed by atoms with E-state index in [2.05, 4.69) is 16.0 Å². The highest BCUT2D eigenvalue weighted by atomic mass is 35.5. The van der Waals surface area contributed by atoms with E-state index in [4.69, 9.17) is 74.3 Å². The molecule has 0 spiro atoms. The van der Waals surface area contributed by atoms with E-state index < -0.39 is 17.6 Å². The molecule has 0 amide bonds. The number of phenolic OH excluding ortho intramolecular Hbond substituents is 3. The molecule has 0 unspecified atom stereocenters. The summed E-state index contributed by atoms with van der Waals surface area (Å²) in [6.07, 6.45) is -4.39. The van der Waals surface area contributed by atoms with Gasteiger partial charge in [-0.3, -0.25) is 0 Å². The maximum atomic E-state index is 13.6. The monoisotopic (exact) mass is 1010 g/mol. The second-order valence-electron chi connectivity index (χ2n) is 14.0. The standard InChI is InChI=1S/C19H16ClNO2.C15H12Cl2F3NO.C14H11Cl3FNO/c20-17-10-5-11-18(19(17)22)21-13-14-6-4-9-16(12-14)23-15-7-2-1-3-8-15;1-8-11(16)6-12(14(22)13(8)17)21-7-9-3-2-4-10(5-9)15(18,19)20;1-7-10(16)5-12(14(20)13(7)17)19-6-8-9(15)3-2-4-11(8)18/h1-12,21-22H,13H2;2-6,21-22H,7H2,1H3;2-5,19-20H,6H2,1H3. The molecule has 0 atom stereocenters. The summed E-state index contributed by atoms with van der Waals surface area (Å²) in [4.78, 5) is 0. The van der Waals surface area contributed by atoms with Crippen LogP contribution in [0, 0.1) is 19.7 Å². The van der Waals surface area contributed by atoms with Gasteiger partial charge in [-0.25, -0.2) is 4.39 Å². The summed E-state index contributed by atoms with van der Waals surface area (Å²) in [7, 11) is 0. The van der Waals surface area contributed by atoms with Crippen LogP contribution < -0.4 is 20.7 Å². The van der Waals surface area contributed by atoms with Crippen LogP contribution in [-0.4, -0.2) is 15.3 Å². The lowest BCUT2D eigenvalue weighted by atomic mass is 10.1. The third-order valence-electron chi connectivity index (χ3n) is 9.44. The molecule has 0 aliphatic rings. The molecule has 0 saturated heterocycles. The number of benzene rings is 7. The van der Waals surface area contributed by atoms with Crippen LogP contribution in [-0.2, 0) is 25.8 Å². The molecule has 340 valence electrons. The molecule has 0 aliphatic heterocycles. The van der Waals surface area contributed by atoms with Crippen LogP contribution in [0.4, 0.5) is 34.6 Å². The Morgan fingerprint density at radius 1 is 0.492 bits per heavy atom. The minimum Gasteiger partial charge on any atom is -0.504 e. The van der Waals surface area contributed by atoms with E-state index in [1.54, 1.807) is 44.2 Å². The molecule has 0 radical (unpaired) electrons. The average Bonchev–Trinajstić information content (AvgIpc) is 3.28. The molecule has 0 bridgehead atoms. The minimum atomic E-state index is -4.39. The lowest BCUT2D eigenvalue weighted by molar-refractivity contribution is -0.137. The highest BCUT2D eigenvalue weighted by molar-refractivity contribution is 6.38. The summed E-state index contributed by atoms with van der Waals surface area (Å²) in [5, 5.41) is 40.3. The van der Waals surface area contributed by atoms with Crippen molar-refractivity contribution in [2.24, 2.45) is 0 Å². The number of halogens is 10. The Morgan fingerprint density at radius 3 is 1.57 bits per heavy atom. The van der Waals surface area contributed by atoms with Gasteiger partial charge in [-0.15, -0.1) is 0 Å². The number of para-hydroxylation sites is 2. The zero-order valence-corrected chi connectivity index (χ0v) is 38.8. The average molecular weight is 1010 g/mol. The highest BCUT2D eigenvalue weighted by Gasteiger charge is 2.30. The Morgan fingerprint density at radius 2 is 0.985 bits per heavy atom. The van der Waals surface area contributed by atoms with Crippen LogP contribution in [0.5, 0.6) is 28.7 Å². The van der Waals surface area contributed by atoms with Gasteiger partial charge in [0.1, 0.15) is 17.3 Å². The predicted octanol–water partition coefficient (Wildman–Crippen LogP) is 16.5. The summed E-state index contributed by atoms with van der Waals surface area (Å²) in [5.74, 6) is 0.895. The lowest BCUT2D eigenvalue weighted by Gasteiger charge is -2.13. The van der Waals surface area contributed by atoms with Gasteiger partial charge in [-0.1, -0.05) is 124 Å². The van der Waals surface area contributed by atoms with Gasteiger partial charge >= 0.3 is 6.18 Å². The third-order valence-corrected chi connectivity index (χ3v) is 11.8. The summed E-state index contributed by atoms with van der Waals surface area (Å²) < 4.78 is 57.4. The molecular weight excluding hydrogens is 971 g/mol. The first-order valence-corrected chi connectivity index (χ1v) is 21.6. The van der Waals surface area contributed by atoms with Crippen molar-refractivity contribution in [2.45, 2.75) is 39.7 Å². The molecule has 7 aromatic carbocycles. The van der Waals surface area contributed by atoms with Gasteiger partial charge in [0.15, 0.2) is 17.2 Å². The number of ether oxygens (including phenoxy) is 1. The summed E-state index contributed by atoms with van der Waals surface area (Å²) in [6, 6.07) is 35.0. The fourth-order valence-corrected chi connectivity index (χ4v) is 7.13. The van der Waals surface area contributed by atoms with Gasteiger partial charge in [0.2, 0.25) is 0 Å². The number of alkyl halides is 3. The van der Waals surface area contributed by atoms with Gasteiger partial charge in [-0.05, 0) is 109 Å². The molecule has 0 aromatic heterocycles. The number of hydrogen-bond donors (Lipinski definition) is 6. The van der Waals surface area contributed by atoms with Crippen molar-refractivity contribution in [2.75, 3.05) is 16.0 Å². The largest absolute Gasteiger partial charge is 0.504 e. The summed E-state index contributed by atoms with van der Waals surface area (Å²) in [5.41, 5.74) is 3.35. The molecule has 0 heterocycles.